The van der Waals surface area contributed by atoms with Crippen LogP contribution in [0.4, 0.5) is 0 Å². The van der Waals surface area contributed by atoms with E-state index in [1.807, 2.05) is 0 Å². The molecule has 4 heteroatoms. The van der Waals surface area contributed by atoms with E-state index in [0.717, 1.165) is 0 Å². The van der Waals surface area contributed by atoms with Gasteiger partial charge >= 0.3 is 0 Å². The summed E-state index contributed by atoms with van der Waals surface area (Å²) in [6.45, 7) is 4.89. The Bertz CT molecular complexity index is 200. The number of hydrogen-bond acceptors (Lipinski definition) is 3. The Morgan fingerprint density at radius 1 is 1.75 bits per heavy atom. The third-order valence-corrected chi connectivity index (χ3v) is 1.68. The van der Waals surface area contributed by atoms with Crippen molar-refractivity contribution in [3.8, 4) is 6.07 Å². The van der Waals surface area contributed by atoms with E-state index < -0.39 is 5.60 Å². The number of nitriles is 1. The van der Waals surface area contributed by atoms with Crippen molar-refractivity contribution >= 4 is 5.91 Å². The van der Waals surface area contributed by atoms with Crippen molar-refractivity contribution < 1.29 is 9.90 Å². The van der Waals surface area contributed by atoms with Gasteiger partial charge in [0.1, 0.15) is 6.42 Å². The second-order valence-corrected chi connectivity index (χ2v) is 3.28. The molecule has 0 spiro atoms. The number of nitrogens with one attached hydrogen (secondary N) is 1. The molecule has 0 aromatic heterocycles. The van der Waals surface area contributed by atoms with Crippen molar-refractivity contribution in [3.63, 3.8) is 0 Å². The smallest absolute Gasteiger partial charge is 0.234 e. The fourth-order valence-electron chi connectivity index (χ4n) is 0.541. The average Bonchev–Trinajstić information content (AvgIpc) is 1.85. The maximum Gasteiger partial charge on any atom is 0.234 e. The minimum atomic E-state index is -0.953. The number of amides is 1. The van der Waals surface area contributed by atoms with E-state index in [-0.39, 0.29) is 18.4 Å². The highest BCUT2D eigenvalue weighted by Gasteiger charge is 2.23. The lowest BCUT2D eigenvalue weighted by atomic mass is 10.0. The predicted molar refractivity (Wildman–Crippen MR) is 44.1 cm³/mol. The first-order valence-electron chi connectivity index (χ1n) is 3.76. The molecule has 0 saturated heterocycles. The molecule has 0 saturated carbocycles. The number of nitrogens with zero attached hydrogens (tertiary/aromatic N) is 1. The standard InChI is InChI=1S/C8H14N2O2/c1-6(8(2,3)12)10-7(11)4-5-9/h6,12H,4H2,1-3H3,(H,10,11). The molecule has 0 aliphatic rings. The molecule has 0 aromatic rings. The zero-order valence-electron chi connectivity index (χ0n) is 7.59. The van der Waals surface area contributed by atoms with Gasteiger partial charge in [-0.15, -0.1) is 0 Å². The summed E-state index contributed by atoms with van der Waals surface area (Å²) in [4.78, 5) is 10.9. The maximum atomic E-state index is 10.9. The highest BCUT2D eigenvalue weighted by Crippen LogP contribution is 2.07. The molecule has 0 aliphatic carbocycles. The van der Waals surface area contributed by atoms with E-state index in [0.29, 0.717) is 0 Å². The lowest BCUT2D eigenvalue weighted by Crippen LogP contribution is -2.47. The van der Waals surface area contributed by atoms with Crippen molar-refractivity contribution in [2.24, 2.45) is 0 Å². The molecular formula is C8H14N2O2. The molecule has 0 fully saturated rings. The van der Waals surface area contributed by atoms with Gasteiger partial charge in [0, 0.05) is 0 Å². The summed E-state index contributed by atoms with van der Waals surface area (Å²) in [5.74, 6) is -0.355. The molecule has 1 unspecified atom stereocenters. The first-order chi connectivity index (χ1) is 5.38. The van der Waals surface area contributed by atoms with E-state index >= 15 is 0 Å². The Morgan fingerprint density at radius 3 is 2.58 bits per heavy atom. The monoisotopic (exact) mass is 170 g/mol. The molecule has 0 aromatic carbocycles. The predicted octanol–water partition coefficient (Wildman–Crippen LogP) is 0.176. The zero-order valence-corrected chi connectivity index (χ0v) is 7.59. The van der Waals surface area contributed by atoms with Gasteiger partial charge in [-0.2, -0.15) is 5.26 Å². The van der Waals surface area contributed by atoms with Crippen molar-refractivity contribution in [2.75, 3.05) is 0 Å². The molecule has 0 rings (SSSR count). The largest absolute Gasteiger partial charge is 0.388 e. The number of aliphatic hydroxyl groups is 1. The van der Waals surface area contributed by atoms with Crippen LogP contribution in [0, 0.1) is 11.3 Å². The lowest BCUT2D eigenvalue weighted by molar-refractivity contribution is -0.122. The van der Waals surface area contributed by atoms with E-state index in [2.05, 4.69) is 5.32 Å². The molecule has 0 bridgehead atoms. The van der Waals surface area contributed by atoms with Crippen molar-refractivity contribution in [1.29, 1.82) is 5.26 Å². The van der Waals surface area contributed by atoms with Crippen LogP contribution in [0.15, 0.2) is 0 Å². The maximum absolute atomic E-state index is 10.9. The van der Waals surface area contributed by atoms with E-state index in [1.54, 1.807) is 26.8 Å². The number of hydrogen-bond donors (Lipinski definition) is 2. The molecule has 0 aliphatic heterocycles. The first kappa shape index (κ1) is 10.9. The summed E-state index contributed by atoms with van der Waals surface area (Å²) in [5.41, 5.74) is -0.953. The molecule has 4 nitrogen and oxygen atoms in total. The van der Waals surface area contributed by atoms with Gasteiger partial charge in [0.15, 0.2) is 0 Å². The summed E-state index contributed by atoms with van der Waals surface area (Å²) in [7, 11) is 0. The first-order valence-corrected chi connectivity index (χ1v) is 3.76. The molecule has 12 heavy (non-hydrogen) atoms. The third-order valence-electron chi connectivity index (χ3n) is 1.68. The van der Waals surface area contributed by atoms with Crippen LogP contribution in [0.2, 0.25) is 0 Å². The van der Waals surface area contributed by atoms with Gasteiger partial charge in [0.25, 0.3) is 0 Å². The highest BCUT2D eigenvalue weighted by atomic mass is 16.3. The second kappa shape index (κ2) is 4.07. The third kappa shape index (κ3) is 3.94. The highest BCUT2D eigenvalue weighted by molar-refractivity contribution is 5.78. The van der Waals surface area contributed by atoms with E-state index in [9.17, 15) is 9.90 Å². The molecular weight excluding hydrogens is 156 g/mol. The lowest BCUT2D eigenvalue weighted by Gasteiger charge is -2.26. The molecule has 68 valence electrons. The molecule has 1 amide bonds. The number of rotatable bonds is 3. The van der Waals surface area contributed by atoms with Gasteiger partial charge in [-0.1, -0.05) is 0 Å². The van der Waals surface area contributed by atoms with Gasteiger partial charge in [-0.05, 0) is 20.8 Å². The minimum Gasteiger partial charge on any atom is -0.388 e. The Balaban J connectivity index is 3.95. The zero-order chi connectivity index (χ0) is 9.78. The number of carbonyl (C=O) groups is 1. The molecule has 0 heterocycles. The van der Waals surface area contributed by atoms with E-state index in [4.69, 9.17) is 5.26 Å². The SMILES string of the molecule is CC(NC(=O)CC#N)C(C)(C)O. The fraction of sp³-hybridized carbons (Fsp3) is 0.750. The van der Waals surface area contributed by atoms with E-state index in [1.165, 1.54) is 0 Å². The van der Waals surface area contributed by atoms with Gasteiger partial charge in [0.2, 0.25) is 5.91 Å². The van der Waals surface area contributed by atoms with Crippen molar-refractivity contribution in [2.45, 2.75) is 38.8 Å². The molecule has 1 atom stereocenters. The van der Waals surface area contributed by atoms with Gasteiger partial charge < -0.3 is 10.4 Å². The Kier molecular flexibility index (Phi) is 3.71. The summed E-state index contributed by atoms with van der Waals surface area (Å²) in [6, 6.07) is 1.38. The number of carbonyl (C=O) groups excluding carboxylic acids is 1. The molecule has 0 radical (unpaired) electrons. The quantitative estimate of drug-likeness (QED) is 0.634. The van der Waals surface area contributed by atoms with Crippen LogP contribution in [0.1, 0.15) is 27.2 Å². The fourth-order valence-corrected chi connectivity index (χ4v) is 0.541. The second-order valence-electron chi connectivity index (χ2n) is 3.28. The van der Waals surface area contributed by atoms with Gasteiger partial charge in [-0.3, -0.25) is 4.79 Å². The Morgan fingerprint density at radius 2 is 2.25 bits per heavy atom. The van der Waals surface area contributed by atoms with Crippen molar-refractivity contribution in [3.05, 3.63) is 0 Å². The topological polar surface area (TPSA) is 73.1 Å². The average molecular weight is 170 g/mol. The van der Waals surface area contributed by atoms with Gasteiger partial charge in [-0.25, -0.2) is 0 Å². The van der Waals surface area contributed by atoms with Crippen molar-refractivity contribution in [1.82, 2.24) is 5.32 Å². The van der Waals surface area contributed by atoms with Crippen LogP contribution in [0.3, 0.4) is 0 Å². The summed E-state index contributed by atoms with van der Waals surface area (Å²) < 4.78 is 0. The normalized spacial score (nSPS) is 13.2. The van der Waals surface area contributed by atoms with Gasteiger partial charge in [0.05, 0.1) is 17.7 Å². The molecule has 2 N–H and O–H groups in total. The summed E-state index contributed by atoms with van der Waals surface area (Å²) in [5, 5.41) is 20.1. The van der Waals surface area contributed by atoms with Crippen LogP contribution < -0.4 is 5.32 Å². The Labute approximate surface area is 72.2 Å². The van der Waals surface area contributed by atoms with Crippen LogP contribution in [-0.4, -0.2) is 22.7 Å². The Hall–Kier alpha value is -1.08. The summed E-state index contributed by atoms with van der Waals surface area (Å²) >= 11 is 0. The van der Waals surface area contributed by atoms with Crippen LogP contribution in [-0.2, 0) is 4.79 Å². The van der Waals surface area contributed by atoms with Crippen LogP contribution >= 0.6 is 0 Å². The van der Waals surface area contributed by atoms with Crippen LogP contribution in [0.25, 0.3) is 0 Å². The minimum absolute atomic E-state index is 0.166. The summed E-state index contributed by atoms with van der Waals surface area (Å²) in [6.07, 6.45) is -0.166. The van der Waals surface area contributed by atoms with Crippen LogP contribution in [0.5, 0.6) is 0 Å².